The van der Waals surface area contributed by atoms with E-state index in [0.717, 1.165) is 45.8 Å². The first-order chi connectivity index (χ1) is 18.7. The average molecular weight is 509 g/mol. The second-order valence-electron chi connectivity index (χ2n) is 9.79. The van der Waals surface area contributed by atoms with Gasteiger partial charge in [-0.05, 0) is 35.9 Å². The van der Waals surface area contributed by atoms with E-state index in [4.69, 9.17) is 4.98 Å². The highest BCUT2D eigenvalue weighted by atomic mass is 16.1. The molecule has 6 rings (SSSR count). The highest BCUT2D eigenvalue weighted by molar-refractivity contribution is 5.56. The van der Waals surface area contributed by atoms with E-state index in [-0.39, 0.29) is 11.6 Å². The van der Waals surface area contributed by atoms with Gasteiger partial charge in [0.1, 0.15) is 6.33 Å². The van der Waals surface area contributed by atoms with E-state index >= 15 is 0 Å². The summed E-state index contributed by atoms with van der Waals surface area (Å²) in [5.74, 6) is 0.658. The number of aromatic nitrogens is 4. The molecule has 0 amide bonds. The van der Waals surface area contributed by atoms with Crippen molar-refractivity contribution in [3.05, 3.63) is 95.2 Å². The molecular formula is C29H32N8O. The Kier molecular flexibility index (Phi) is 6.75. The van der Waals surface area contributed by atoms with Gasteiger partial charge in [-0.25, -0.2) is 15.0 Å². The molecule has 0 bridgehead atoms. The summed E-state index contributed by atoms with van der Waals surface area (Å²) < 4.78 is 1.62. The molecule has 4 heterocycles. The highest BCUT2D eigenvalue weighted by Crippen LogP contribution is 2.26. The number of piperazine rings is 2. The molecular weight excluding hydrogens is 476 g/mol. The van der Waals surface area contributed by atoms with E-state index in [2.05, 4.69) is 84.6 Å². The summed E-state index contributed by atoms with van der Waals surface area (Å²) in [6, 6.07) is 23.0. The summed E-state index contributed by atoms with van der Waals surface area (Å²) in [4.78, 5) is 32.9. The minimum Gasteiger partial charge on any atom is -0.368 e. The van der Waals surface area contributed by atoms with Gasteiger partial charge in [0.15, 0.2) is 0 Å². The summed E-state index contributed by atoms with van der Waals surface area (Å²) in [7, 11) is 1.78. The Morgan fingerprint density at radius 2 is 1.53 bits per heavy atom. The molecule has 4 aromatic rings. The van der Waals surface area contributed by atoms with Crippen LogP contribution in [-0.4, -0.2) is 65.3 Å². The zero-order chi connectivity index (χ0) is 25.9. The average Bonchev–Trinajstić information content (AvgIpc) is 2.99. The van der Waals surface area contributed by atoms with Crippen LogP contribution in [-0.2, 0) is 7.05 Å². The molecule has 2 aromatic carbocycles. The predicted molar refractivity (Wildman–Crippen MR) is 151 cm³/mol. The number of benzene rings is 2. The topological polar surface area (TPSA) is 82.4 Å². The van der Waals surface area contributed by atoms with Crippen molar-refractivity contribution in [1.82, 2.24) is 24.8 Å². The number of nitrogens with zero attached hydrogens (tertiary/aromatic N) is 7. The number of hydrogen-bond donors (Lipinski definition) is 1. The van der Waals surface area contributed by atoms with Crippen LogP contribution >= 0.6 is 0 Å². The monoisotopic (exact) mass is 508 g/mol. The van der Waals surface area contributed by atoms with Gasteiger partial charge in [-0.2, -0.15) is 0 Å². The predicted octanol–water partition coefficient (Wildman–Crippen LogP) is 2.71. The van der Waals surface area contributed by atoms with Gasteiger partial charge in [-0.3, -0.25) is 9.36 Å². The van der Waals surface area contributed by atoms with Crippen molar-refractivity contribution in [1.29, 1.82) is 0 Å². The summed E-state index contributed by atoms with van der Waals surface area (Å²) in [6.45, 7) is 6.35. The van der Waals surface area contributed by atoms with Crippen LogP contribution in [0.15, 0.2) is 84.0 Å². The van der Waals surface area contributed by atoms with E-state index < -0.39 is 0 Å². The van der Waals surface area contributed by atoms with E-state index in [1.807, 2.05) is 0 Å². The van der Waals surface area contributed by atoms with Crippen molar-refractivity contribution in [2.24, 2.45) is 7.05 Å². The zero-order valence-corrected chi connectivity index (χ0v) is 21.6. The smallest absolute Gasteiger partial charge is 0.255 e. The lowest BCUT2D eigenvalue weighted by Crippen LogP contribution is -2.48. The van der Waals surface area contributed by atoms with Crippen LogP contribution in [0.1, 0.15) is 11.6 Å². The van der Waals surface area contributed by atoms with Crippen LogP contribution < -0.4 is 25.6 Å². The third-order valence-electron chi connectivity index (χ3n) is 7.48. The molecule has 2 saturated heterocycles. The lowest BCUT2D eigenvalue weighted by atomic mass is 10.0. The maximum Gasteiger partial charge on any atom is 0.255 e. The van der Waals surface area contributed by atoms with Crippen molar-refractivity contribution in [3.63, 3.8) is 0 Å². The van der Waals surface area contributed by atoms with Gasteiger partial charge in [0.2, 0.25) is 5.95 Å². The molecule has 38 heavy (non-hydrogen) atoms. The van der Waals surface area contributed by atoms with E-state index in [1.165, 1.54) is 29.3 Å². The molecule has 1 atom stereocenters. The molecule has 1 N–H and O–H groups in total. The van der Waals surface area contributed by atoms with Crippen LogP contribution in [0, 0.1) is 0 Å². The summed E-state index contributed by atoms with van der Waals surface area (Å²) in [5.41, 5.74) is 4.90. The Labute approximate surface area is 222 Å². The van der Waals surface area contributed by atoms with Gasteiger partial charge in [-0.15, -0.1) is 0 Å². The molecule has 0 spiro atoms. The Morgan fingerprint density at radius 1 is 0.816 bits per heavy atom. The fourth-order valence-corrected chi connectivity index (χ4v) is 5.32. The Hall–Kier alpha value is -4.24. The van der Waals surface area contributed by atoms with Crippen molar-refractivity contribution in [2.45, 2.75) is 6.04 Å². The number of hydrogen-bond acceptors (Lipinski definition) is 8. The minimum atomic E-state index is -0.101. The van der Waals surface area contributed by atoms with Crippen LogP contribution in [0.25, 0.3) is 11.4 Å². The molecule has 2 fully saturated rings. The molecule has 2 aliphatic rings. The zero-order valence-electron chi connectivity index (χ0n) is 21.6. The molecule has 9 nitrogen and oxygen atoms in total. The highest BCUT2D eigenvalue weighted by Gasteiger charge is 2.25. The number of para-hydroxylation sites is 1. The number of rotatable bonds is 5. The van der Waals surface area contributed by atoms with Crippen molar-refractivity contribution >= 4 is 17.3 Å². The van der Waals surface area contributed by atoms with Crippen molar-refractivity contribution < 1.29 is 0 Å². The lowest BCUT2D eigenvalue weighted by molar-refractivity contribution is 0.462. The molecule has 0 saturated carbocycles. The van der Waals surface area contributed by atoms with Gasteiger partial charge >= 0.3 is 0 Å². The fraction of sp³-hybridized carbons (Fsp3) is 0.310. The van der Waals surface area contributed by atoms with E-state index in [9.17, 15) is 4.79 Å². The standard InChI is InChI=1S/C29H32N8O/c1-34-28(38)19-26(25-11-12-30-21-32-25)33-29(34)37-14-13-31-27(20-37)22-7-9-24(10-8-22)36-17-15-35(16-18-36)23-5-3-2-4-6-23/h2-12,19,21,27,31H,13-18,20H2,1H3/t27-/m1/s1. The first-order valence-corrected chi connectivity index (χ1v) is 13.1. The summed E-state index contributed by atoms with van der Waals surface area (Å²) >= 11 is 0. The minimum absolute atomic E-state index is 0.101. The van der Waals surface area contributed by atoms with E-state index in [1.54, 1.807) is 23.9 Å². The lowest BCUT2D eigenvalue weighted by Gasteiger charge is -2.38. The largest absolute Gasteiger partial charge is 0.368 e. The first kappa shape index (κ1) is 24.1. The second kappa shape index (κ2) is 10.6. The number of nitrogens with one attached hydrogen (secondary N) is 1. The van der Waals surface area contributed by atoms with Crippen LogP contribution in [0.5, 0.6) is 0 Å². The molecule has 9 heteroatoms. The molecule has 2 aromatic heterocycles. The third-order valence-corrected chi connectivity index (χ3v) is 7.48. The molecule has 194 valence electrons. The van der Waals surface area contributed by atoms with Crippen LogP contribution in [0.2, 0.25) is 0 Å². The molecule has 0 aliphatic carbocycles. The van der Waals surface area contributed by atoms with Gasteiger partial charge in [-0.1, -0.05) is 30.3 Å². The Bertz CT molecular complexity index is 1420. The molecule has 0 unspecified atom stereocenters. The quantitative estimate of drug-likeness (QED) is 0.441. The van der Waals surface area contributed by atoms with Gasteiger partial charge in [0, 0.05) is 82.5 Å². The summed E-state index contributed by atoms with van der Waals surface area (Å²) in [5, 5.41) is 3.64. The van der Waals surface area contributed by atoms with Crippen LogP contribution in [0.4, 0.5) is 17.3 Å². The molecule has 2 aliphatic heterocycles. The van der Waals surface area contributed by atoms with Gasteiger partial charge in [0.05, 0.1) is 11.4 Å². The molecule has 0 radical (unpaired) electrons. The number of anilines is 3. The van der Waals surface area contributed by atoms with E-state index in [0.29, 0.717) is 17.3 Å². The van der Waals surface area contributed by atoms with Gasteiger partial charge in [0.25, 0.3) is 5.56 Å². The first-order valence-electron chi connectivity index (χ1n) is 13.1. The van der Waals surface area contributed by atoms with Crippen molar-refractivity contribution in [3.8, 4) is 11.4 Å². The maximum absolute atomic E-state index is 12.7. The van der Waals surface area contributed by atoms with Gasteiger partial charge < -0.3 is 20.0 Å². The van der Waals surface area contributed by atoms with Crippen LogP contribution in [0.3, 0.4) is 0 Å². The summed E-state index contributed by atoms with van der Waals surface area (Å²) in [6.07, 6.45) is 3.14. The second-order valence-corrected chi connectivity index (χ2v) is 9.79. The fourth-order valence-electron chi connectivity index (χ4n) is 5.32. The SMILES string of the molecule is Cn1c(N2CCN[C@@H](c3ccc(N4CCN(c5ccccc5)CC4)cc3)C2)nc(-c2ccncn2)cc1=O. The third kappa shape index (κ3) is 4.97. The normalized spacial score (nSPS) is 18.0. The van der Waals surface area contributed by atoms with Crippen molar-refractivity contribution in [2.75, 3.05) is 60.5 Å². The Morgan fingerprint density at radius 3 is 2.21 bits per heavy atom. The Balaban J connectivity index is 1.14. The maximum atomic E-state index is 12.7.